The van der Waals surface area contributed by atoms with Crippen LogP contribution < -0.4 is 5.73 Å². The summed E-state index contributed by atoms with van der Waals surface area (Å²) < 4.78 is 0. The minimum atomic E-state index is -0.473. The molecule has 1 atom stereocenters. The molecule has 5 nitrogen and oxygen atoms in total. The third kappa shape index (κ3) is 3.94. The van der Waals surface area contributed by atoms with E-state index in [0.29, 0.717) is 26.2 Å². The van der Waals surface area contributed by atoms with Gasteiger partial charge in [0.2, 0.25) is 5.91 Å². The summed E-state index contributed by atoms with van der Waals surface area (Å²) >= 11 is 1.52. The monoisotopic (exact) mass is 317 g/mol. The number of carbonyl (C=O) groups excluding carboxylic acids is 2. The van der Waals surface area contributed by atoms with Gasteiger partial charge in [-0.25, -0.2) is 0 Å². The van der Waals surface area contributed by atoms with E-state index in [1.54, 1.807) is 11.8 Å². The van der Waals surface area contributed by atoms with Crippen molar-refractivity contribution in [1.29, 1.82) is 0 Å². The van der Waals surface area contributed by atoms with Gasteiger partial charge in [-0.1, -0.05) is 0 Å². The third-order valence-electron chi connectivity index (χ3n) is 3.25. The zero-order chi connectivity index (χ0) is 13.8. The SMILES string of the molecule is C[C@H](N)C(=O)N1CCCN(C(=O)c2ccsc2)CC1.Cl. The van der Waals surface area contributed by atoms with Crippen LogP contribution in [0.5, 0.6) is 0 Å². The van der Waals surface area contributed by atoms with Crippen LogP contribution in [0, 0.1) is 0 Å². The Morgan fingerprint density at radius 2 is 1.90 bits per heavy atom. The zero-order valence-electron chi connectivity index (χ0n) is 11.4. The van der Waals surface area contributed by atoms with Gasteiger partial charge in [-0.3, -0.25) is 9.59 Å². The molecular weight excluding hydrogens is 298 g/mol. The first kappa shape index (κ1) is 16.9. The summed E-state index contributed by atoms with van der Waals surface area (Å²) in [6.07, 6.45) is 0.800. The van der Waals surface area contributed by atoms with Crippen molar-refractivity contribution in [1.82, 2.24) is 9.80 Å². The molecule has 112 valence electrons. The fourth-order valence-corrected chi connectivity index (χ4v) is 2.83. The van der Waals surface area contributed by atoms with E-state index in [1.807, 2.05) is 21.7 Å². The van der Waals surface area contributed by atoms with Crippen molar-refractivity contribution < 1.29 is 9.59 Å². The number of hydrogen-bond donors (Lipinski definition) is 1. The number of amides is 2. The van der Waals surface area contributed by atoms with E-state index in [4.69, 9.17) is 5.73 Å². The summed E-state index contributed by atoms with van der Waals surface area (Å²) in [4.78, 5) is 27.7. The fraction of sp³-hybridized carbons (Fsp3) is 0.538. The van der Waals surface area contributed by atoms with Crippen molar-refractivity contribution in [2.24, 2.45) is 5.73 Å². The maximum Gasteiger partial charge on any atom is 0.254 e. The molecule has 0 unspecified atom stereocenters. The van der Waals surface area contributed by atoms with Crippen LogP contribution in [0.25, 0.3) is 0 Å². The van der Waals surface area contributed by atoms with Crippen molar-refractivity contribution in [3.63, 3.8) is 0 Å². The van der Waals surface area contributed by atoms with E-state index < -0.39 is 6.04 Å². The van der Waals surface area contributed by atoms with Crippen molar-refractivity contribution in [2.45, 2.75) is 19.4 Å². The first-order valence-corrected chi connectivity index (χ1v) is 7.39. The van der Waals surface area contributed by atoms with Crippen molar-refractivity contribution in [3.05, 3.63) is 22.4 Å². The van der Waals surface area contributed by atoms with E-state index in [1.165, 1.54) is 11.3 Å². The smallest absolute Gasteiger partial charge is 0.254 e. The zero-order valence-corrected chi connectivity index (χ0v) is 13.1. The molecule has 2 amide bonds. The van der Waals surface area contributed by atoms with Crippen molar-refractivity contribution >= 4 is 35.6 Å². The van der Waals surface area contributed by atoms with Crippen LogP contribution in [0.3, 0.4) is 0 Å². The van der Waals surface area contributed by atoms with Crippen LogP contribution in [0.1, 0.15) is 23.7 Å². The molecule has 0 radical (unpaired) electrons. The van der Waals surface area contributed by atoms with E-state index in [2.05, 4.69) is 0 Å². The minimum Gasteiger partial charge on any atom is -0.340 e. The summed E-state index contributed by atoms with van der Waals surface area (Å²) in [6, 6.07) is 1.36. The Kier molecular flexibility index (Phi) is 6.45. The largest absolute Gasteiger partial charge is 0.340 e. The lowest BCUT2D eigenvalue weighted by Gasteiger charge is -2.23. The molecule has 0 bridgehead atoms. The summed E-state index contributed by atoms with van der Waals surface area (Å²) in [7, 11) is 0. The highest BCUT2D eigenvalue weighted by atomic mass is 35.5. The third-order valence-corrected chi connectivity index (χ3v) is 3.94. The molecule has 0 aliphatic carbocycles. The molecule has 2 N–H and O–H groups in total. The molecule has 0 saturated carbocycles. The Bertz CT molecular complexity index is 450. The highest BCUT2D eigenvalue weighted by molar-refractivity contribution is 7.08. The minimum absolute atomic E-state index is 0. The molecule has 0 spiro atoms. The van der Waals surface area contributed by atoms with Gasteiger partial charge in [0.05, 0.1) is 11.6 Å². The van der Waals surface area contributed by atoms with Gasteiger partial charge in [0.25, 0.3) is 5.91 Å². The number of rotatable bonds is 2. The lowest BCUT2D eigenvalue weighted by molar-refractivity contribution is -0.132. The Hall–Kier alpha value is -1.11. The molecule has 1 aliphatic heterocycles. The Morgan fingerprint density at radius 3 is 2.50 bits per heavy atom. The second kappa shape index (κ2) is 7.61. The molecule has 1 aromatic heterocycles. The van der Waals surface area contributed by atoms with Gasteiger partial charge in [0.1, 0.15) is 0 Å². The predicted molar refractivity (Wildman–Crippen MR) is 82.3 cm³/mol. The van der Waals surface area contributed by atoms with Gasteiger partial charge in [-0.15, -0.1) is 12.4 Å². The summed E-state index contributed by atoms with van der Waals surface area (Å²) in [6.45, 7) is 4.20. The number of carbonyl (C=O) groups is 2. The van der Waals surface area contributed by atoms with Gasteiger partial charge >= 0.3 is 0 Å². The van der Waals surface area contributed by atoms with Gasteiger partial charge < -0.3 is 15.5 Å². The number of thiophene rings is 1. The maximum absolute atomic E-state index is 12.2. The highest BCUT2D eigenvalue weighted by Crippen LogP contribution is 2.12. The topological polar surface area (TPSA) is 66.6 Å². The van der Waals surface area contributed by atoms with E-state index in [9.17, 15) is 9.59 Å². The molecule has 0 aromatic carbocycles. The summed E-state index contributed by atoms with van der Waals surface area (Å²) in [5.74, 6) is 0.0150. The molecule has 1 aliphatic rings. The molecule has 2 rings (SSSR count). The average molecular weight is 318 g/mol. The molecule has 1 fully saturated rings. The van der Waals surface area contributed by atoms with E-state index in [0.717, 1.165) is 12.0 Å². The summed E-state index contributed by atoms with van der Waals surface area (Å²) in [5, 5.41) is 3.76. The van der Waals surface area contributed by atoms with Crippen LogP contribution in [0.4, 0.5) is 0 Å². The average Bonchev–Trinajstić information content (AvgIpc) is 2.81. The predicted octanol–water partition coefficient (Wildman–Crippen LogP) is 1.19. The van der Waals surface area contributed by atoms with Crippen molar-refractivity contribution in [3.8, 4) is 0 Å². The molecule has 7 heteroatoms. The first-order valence-electron chi connectivity index (χ1n) is 6.45. The number of hydrogen-bond acceptors (Lipinski definition) is 4. The molecule has 1 aromatic rings. The van der Waals surface area contributed by atoms with Gasteiger partial charge in [-0.05, 0) is 24.8 Å². The van der Waals surface area contributed by atoms with Gasteiger partial charge in [-0.2, -0.15) is 11.3 Å². The molecular formula is C13H20ClN3O2S. The lowest BCUT2D eigenvalue weighted by Crippen LogP contribution is -2.44. The van der Waals surface area contributed by atoms with Crippen molar-refractivity contribution in [2.75, 3.05) is 26.2 Å². The Morgan fingerprint density at radius 1 is 1.25 bits per heavy atom. The normalized spacial score (nSPS) is 17.1. The fourth-order valence-electron chi connectivity index (χ4n) is 2.20. The van der Waals surface area contributed by atoms with Gasteiger partial charge in [0.15, 0.2) is 0 Å². The Balaban J connectivity index is 0.00000200. The van der Waals surface area contributed by atoms with Crippen LogP contribution in [0.15, 0.2) is 16.8 Å². The second-order valence-electron chi connectivity index (χ2n) is 4.77. The van der Waals surface area contributed by atoms with Crippen LogP contribution in [-0.2, 0) is 4.79 Å². The van der Waals surface area contributed by atoms with E-state index in [-0.39, 0.29) is 24.2 Å². The number of nitrogens with two attached hydrogens (primary N) is 1. The highest BCUT2D eigenvalue weighted by Gasteiger charge is 2.24. The van der Waals surface area contributed by atoms with E-state index >= 15 is 0 Å². The number of halogens is 1. The standard InChI is InChI=1S/C13H19N3O2S.ClH/c1-10(14)12(17)15-4-2-5-16(7-6-15)13(18)11-3-8-19-9-11;/h3,8-10H,2,4-7,14H2,1H3;1H/t10-;/m0./s1. The second-order valence-corrected chi connectivity index (χ2v) is 5.55. The maximum atomic E-state index is 12.2. The first-order chi connectivity index (χ1) is 9.09. The lowest BCUT2D eigenvalue weighted by atomic mass is 10.3. The Labute approximate surface area is 129 Å². The van der Waals surface area contributed by atoms with Crippen LogP contribution in [0.2, 0.25) is 0 Å². The van der Waals surface area contributed by atoms with Crippen LogP contribution >= 0.6 is 23.7 Å². The summed E-state index contributed by atoms with van der Waals surface area (Å²) in [5.41, 5.74) is 6.35. The van der Waals surface area contributed by atoms with Gasteiger partial charge in [0, 0.05) is 31.6 Å². The molecule has 1 saturated heterocycles. The van der Waals surface area contributed by atoms with Crippen LogP contribution in [-0.4, -0.2) is 53.8 Å². The number of nitrogens with zero attached hydrogens (tertiary/aromatic N) is 2. The quantitative estimate of drug-likeness (QED) is 0.891. The molecule has 20 heavy (non-hydrogen) atoms. The molecule has 2 heterocycles.